The number of aromatic nitrogens is 5. The highest BCUT2D eigenvalue weighted by molar-refractivity contribution is 5.75. The van der Waals surface area contributed by atoms with E-state index in [1.54, 1.807) is 12.7 Å². The van der Waals surface area contributed by atoms with Crippen molar-refractivity contribution in [3.63, 3.8) is 0 Å². The summed E-state index contributed by atoms with van der Waals surface area (Å²) in [5.74, 6) is 0. The van der Waals surface area contributed by atoms with Crippen LogP contribution in [0.2, 0.25) is 0 Å². The minimum atomic E-state index is -0.00533. The van der Waals surface area contributed by atoms with E-state index in [0.717, 1.165) is 49.3 Å². The zero-order valence-electron chi connectivity index (χ0n) is 15.4. The monoisotopic (exact) mass is 345 g/mol. The van der Waals surface area contributed by atoms with E-state index in [4.69, 9.17) is 0 Å². The van der Waals surface area contributed by atoms with Gasteiger partial charge in [0.25, 0.3) is 0 Å². The van der Waals surface area contributed by atoms with Crippen molar-refractivity contribution in [2.75, 3.05) is 13.1 Å². The van der Waals surface area contributed by atoms with Crippen molar-refractivity contribution in [3.05, 3.63) is 29.6 Å². The summed E-state index contributed by atoms with van der Waals surface area (Å²) in [5, 5.41) is 11.9. The van der Waals surface area contributed by atoms with Crippen molar-refractivity contribution >= 4 is 6.03 Å². The summed E-state index contributed by atoms with van der Waals surface area (Å²) in [5.41, 5.74) is 3.22. The lowest BCUT2D eigenvalue weighted by Gasteiger charge is -2.33. The summed E-state index contributed by atoms with van der Waals surface area (Å²) < 4.78 is 3.77. The molecule has 0 bridgehead atoms. The SMILES string of the molecule is CC[C@@H](NC(=O)N1CCC(n2cncn2)CC1)c1c(C)nn(C)c1C. The standard InChI is InChI=1S/C17H27N7O/c1-5-15(16-12(2)21-22(4)13(16)3)20-17(25)23-8-6-14(7-9-23)24-11-18-10-19-24/h10-11,14-15H,5-9H2,1-4H3,(H,20,25)/t15-/m1/s1. The van der Waals surface area contributed by atoms with Crippen LogP contribution >= 0.6 is 0 Å². The minimum Gasteiger partial charge on any atom is -0.331 e. The molecule has 8 nitrogen and oxygen atoms in total. The number of piperidine rings is 1. The molecule has 0 spiro atoms. The molecule has 136 valence electrons. The van der Waals surface area contributed by atoms with Crippen LogP contribution in [0, 0.1) is 13.8 Å². The number of hydrogen-bond donors (Lipinski definition) is 1. The topological polar surface area (TPSA) is 80.9 Å². The second kappa shape index (κ2) is 7.25. The molecule has 2 amide bonds. The minimum absolute atomic E-state index is 0.00533. The summed E-state index contributed by atoms with van der Waals surface area (Å²) >= 11 is 0. The number of nitrogens with zero attached hydrogens (tertiary/aromatic N) is 6. The second-order valence-electron chi connectivity index (χ2n) is 6.71. The first-order valence-corrected chi connectivity index (χ1v) is 8.90. The van der Waals surface area contributed by atoms with Gasteiger partial charge in [-0.2, -0.15) is 10.2 Å². The largest absolute Gasteiger partial charge is 0.331 e. The Morgan fingerprint density at radius 1 is 1.36 bits per heavy atom. The Kier molecular flexibility index (Phi) is 5.06. The van der Waals surface area contributed by atoms with Gasteiger partial charge in [-0.05, 0) is 33.1 Å². The number of carbonyl (C=O) groups excluding carboxylic acids is 1. The fraction of sp³-hybridized carbons (Fsp3) is 0.647. The maximum absolute atomic E-state index is 12.7. The molecule has 0 radical (unpaired) electrons. The fourth-order valence-corrected chi connectivity index (χ4v) is 3.65. The molecule has 2 aromatic rings. The Hall–Kier alpha value is -2.38. The van der Waals surface area contributed by atoms with Gasteiger partial charge in [-0.3, -0.25) is 4.68 Å². The molecule has 2 aromatic heterocycles. The van der Waals surface area contributed by atoms with Crippen LogP contribution in [0.1, 0.15) is 55.2 Å². The van der Waals surface area contributed by atoms with E-state index in [1.807, 2.05) is 35.2 Å². The zero-order valence-corrected chi connectivity index (χ0v) is 15.4. The van der Waals surface area contributed by atoms with Gasteiger partial charge in [0, 0.05) is 31.4 Å². The molecule has 1 N–H and O–H groups in total. The predicted octanol–water partition coefficient (Wildman–Crippen LogP) is 2.13. The van der Waals surface area contributed by atoms with Crippen LogP contribution in [0.3, 0.4) is 0 Å². The van der Waals surface area contributed by atoms with Gasteiger partial charge in [-0.15, -0.1) is 0 Å². The normalized spacial score (nSPS) is 16.9. The Morgan fingerprint density at radius 2 is 2.08 bits per heavy atom. The van der Waals surface area contributed by atoms with Gasteiger partial charge in [0.05, 0.1) is 17.8 Å². The summed E-state index contributed by atoms with van der Waals surface area (Å²) in [6.45, 7) is 7.61. The number of aryl methyl sites for hydroxylation is 2. The summed E-state index contributed by atoms with van der Waals surface area (Å²) in [7, 11) is 1.94. The lowest BCUT2D eigenvalue weighted by atomic mass is 10.0. The highest BCUT2D eigenvalue weighted by Gasteiger charge is 2.27. The van der Waals surface area contributed by atoms with Crippen molar-refractivity contribution in [1.29, 1.82) is 0 Å². The Labute approximate surface area is 148 Å². The Bertz CT molecular complexity index is 714. The molecule has 1 aliphatic heterocycles. The molecule has 8 heteroatoms. The smallest absolute Gasteiger partial charge is 0.317 e. The van der Waals surface area contributed by atoms with Crippen LogP contribution in [0.15, 0.2) is 12.7 Å². The average molecular weight is 345 g/mol. The summed E-state index contributed by atoms with van der Waals surface area (Å²) in [6, 6.07) is 0.331. The molecule has 1 atom stereocenters. The molecule has 25 heavy (non-hydrogen) atoms. The van der Waals surface area contributed by atoms with E-state index >= 15 is 0 Å². The molecule has 1 fully saturated rings. The van der Waals surface area contributed by atoms with E-state index in [1.165, 1.54) is 0 Å². The summed E-state index contributed by atoms with van der Waals surface area (Å²) in [6.07, 6.45) is 5.95. The van der Waals surface area contributed by atoms with E-state index in [-0.39, 0.29) is 12.1 Å². The first-order chi connectivity index (χ1) is 12.0. The molecule has 0 aliphatic carbocycles. The maximum Gasteiger partial charge on any atom is 0.317 e. The van der Waals surface area contributed by atoms with E-state index in [9.17, 15) is 4.79 Å². The van der Waals surface area contributed by atoms with E-state index in [2.05, 4.69) is 27.4 Å². The molecule has 1 aliphatic rings. The van der Waals surface area contributed by atoms with Crippen LogP contribution in [0.4, 0.5) is 4.79 Å². The first kappa shape index (κ1) is 17.4. The van der Waals surface area contributed by atoms with Crippen molar-refractivity contribution in [3.8, 4) is 0 Å². The Balaban J connectivity index is 1.61. The predicted molar refractivity (Wildman–Crippen MR) is 94.1 cm³/mol. The quantitative estimate of drug-likeness (QED) is 0.920. The van der Waals surface area contributed by atoms with Crippen LogP contribution in [0.5, 0.6) is 0 Å². The molecule has 0 saturated carbocycles. The number of rotatable bonds is 4. The van der Waals surface area contributed by atoms with Gasteiger partial charge in [-0.25, -0.2) is 14.5 Å². The fourth-order valence-electron chi connectivity index (χ4n) is 3.65. The number of amides is 2. The van der Waals surface area contributed by atoms with Gasteiger partial charge in [-0.1, -0.05) is 6.92 Å². The highest BCUT2D eigenvalue weighted by Crippen LogP contribution is 2.25. The van der Waals surface area contributed by atoms with Gasteiger partial charge in [0.2, 0.25) is 0 Å². The second-order valence-corrected chi connectivity index (χ2v) is 6.71. The van der Waals surface area contributed by atoms with Gasteiger partial charge < -0.3 is 10.2 Å². The average Bonchev–Trinajstić information content (AvgIpc) is 3.22. The highest BCUT2D eigenvalue weighted by atomic mass is 16.2. The van der Waals surface area contributed by atoms with Gasteiger partial charge in [0.15, 0.2) is 0 Å². The lowest BCUT2D eigenvalue weighted by molar-refractivity contribution is 0.165. The number of nitrogens with one attached hydrogen (secondary N) is 1. The van der Waals surface area contributed by atoms with Gasteiger partial charge >= 0.3 is 6.03 Å². The number of likely N-dealkylation sites (tertiary alicyclic amines) is 1. The molecule has 3 rings (SSSR count). The van der Waals surface area contributed by atoms with E-state index in [0.29, 0.717) is 6.04 Å². The summed E-state index contributed by atoms with van der Waals surface area (Å²) in [4.78, 5) is 18.6. The van der Waals surface area contributed by atoms with Crippen LogP contribution < -0.4 is 5.32 Å². The third-order valence-electron chi connectivity index (χ3n) is 5.18. The van der Waals surface area contributed by atoms with Crippen LogP contribution in [-0.4, -0.2) is 48.6 Å². The third kappa shape index (κ3) is 3.52. The van der Waals surface area contributed by atoms with Crippen molar-refractivity contribution < 1.29 is 4.79 Å². The van der Waals surface area contributed by atoms with Gasteiger partial charge in [0.1, 0.15) is 12.7 Å². The van der Waals surface area contributed by atoms with Crippen molar-refractivity contribution in [2.45, 2.75) is 52.1 Å². The Morgan fingerprint density at radius 3 is 2.60 bits per heavy atom. The van der Waals surface area contributed by atoms with Crippen LogP contribution in [0.25, 0.3) is 0 Å². The maximum atomic E-state index is 12.7. The lowest BCUT2D eigenvalue weighted by Crippen LogP contribution is -2.46. The van der Waals surface area contributed by atoms with Crippen molar-refractivity contribution in [1.82, 2.24) is 34.8 Å². The number of urea groups is 1. The molecular formula is C17H27N7O. The van der Waals surface area contributed by atoms with Crippen LogP contribution in [-0.2, 0) is 7.05 Å². The molecule has 0 aromatic carbocycles. The number of hydrogen-bond acceptors (Lipinski definition) is 4. The zero-order chi connectivity index (χ0) is 18.0. The molecular weight excluding hydrogens is 318 g/mol. The number of carbonyl (C=O) groups is 1. The third-order valence-corrected chi connectivity index (χ3v) is 5.18. The molecule has 0 unspecified atom stereocenters. The van der Waals surface area contributed by atoms with E-state index < -0.39 is 0 Å². The molecule has 1 saturated heterocycles. The van der Waals surface area contributed by atoms with Crippen molar-refractivity contribution in [2.24, 2.45) is 7.05 Å². The molecule has 3 heterocycles. The first-order valence-electron chi connectivity index (χ1n) is 8.90.